The van der Waals surface area contributed by atoms with Crippen LogP contribution in [0.15, 0.2) is 41.1 Å². The highest BCUT2D eigenvalue weighted by Gasteiger charge is 2.24. The third kappa shape index (κ3) is 2.59. The fraction of sp³-hybridized carbons (Fsp3) is 0.286. The van der Waals surface area contributed by atoms with Crippen LogP contribution in [0.3, 0.4) is 0 Å². The van der Waals surface area contributed by atoms with E-state index in [2.05, 4.69) is 4.98 Å². The zero-order valence-electron chi connectivity index (χ0n) is 10.4. The molecule has 2 aromatic rings. The molecule has 0 fully saturated rings. The molecule has 0 aliphatic carbocycles. The van der Waals surface area contributed by atoms with Gasteiger partial charge in [0.15, 0.2) is 0 Å². The highest BCUT2D eigenvalue weighted by atomic mass is 16.4. The first-order chi connectivity index (χ1) is 8.49. The van der Waals surface area contributed by atoms with Gasteiger partial charge in [0.2, 0.25) is 5.89 Å². The van der Waals surface area contributed by atoms with Crippen LogP contribution in [0, 0.1) is 0 Å². The molecule has 18 heavy (non-hydrogen) atoms. The molecule has 0 saturated heterocycles. The summed E-state index contributed by atoms with van der Waals surface area (Å²) in [4.78, 5) is 15.0. The molecule has 0 radical (unpaired) electrons. The Kier molecular flexibility index (Phi) is 3.19. The van der Waals surface area contributed by atoms with Crippen LogP contribution in [-0.2, 0) is 10.2 Å². The number of nitrogens with zero attached hydrogens (tertiary/aromatic N) is 1. The molecule has 0 unspecified atom stereocenters. The summed E-state index contributed by atoms with van der Waals surface area (Å²) in [5.41, 5.74) is 1.39. The van der Waals surface area contributed by atoms with Crippen LogP contribution in [0.5, 0.6) is 0 Å². The Morgan fingerprint density at radius 3 is 2.83 bits per heavy atom. The van der Waals surface area contributed by atoms with Crippen molar-refractivity contribution in [1.29, 1.82) is 0 Å². The van der Waals surface area contributed by atoms with E-state index in [0.29, 0.717) is 5.89 Å². The number of rotatable bonds is 4. The Labute approximate surface area is 105 Å². The molecule has 0 aliphatic rings. The van der Waals surface area contributed by atoms with Gasteiger partial charge in [0.05, 0.1) is 12.6 Å². The van der Waals surface area contributed by atoms with E-state index in [0.717, 1.165) is 11.1 Å². The van der Waals surface area contributed by atoms with E-state index < -0.39 is 11.4 Å². The average molecular weight is 245 g/mol. The summed E-state index contributed by atoms with van der Waals surface area (Å²) in [5, 5.41) is 8.93. The number of carboxylic acids is 1. The number of carboxylic acid groups (broad SMARTS) is 1. The van der Waals surface area contributed by atoms with Crippen molar-refractivity contribution >= 4 is 5.97 Å². The predicted octanol–water partition coefficient (Wildman–Crippen LogP) is 3.09. The van der Waals surface area contributed by atoms with E-state index in [9.17, 15) is 4.79 Å². The minimum absolute atomic E-state index is 0.0854. The summed E-state index contributed by atoms with van der Waals surface area (Å²) in [5.74, 6) is -0.260. The van der Waals surface area contributed by atoms with Gasteiger partial charge in [-0.15, -0.1) is 0 Å². The highest BCUT2D eigenvalue weighted by molar-refractivity contribution is 5.69. The number of aliphatic carboxylic acids is 1. The SMILES string of the molecule is CC(C)(CC(=O)O)c1cccc(-c2ncco2)c1. The van der Waals surface area contributed by atoms with Gasteiger partial charge in [0.25, 0.3) is 0 Å². The molecule has 0 aliphatic heterocycles. The summed E-state index contributed by atoms with van der Waals surface area (Å²) >= 11 is 0. The molecular formula is C14H15NO3. The van der Waals surface area contributed by atoms with Gasteiger partial charge >= 0.3 is 5.97 Å². The number of hydrogen-bond acceptors (Lipinski definition) is 3. The van der Waals surface area contributed by atoms with Gasteiger partial charge in [0, 0.05) is 11.0 Å². The van der Waals surface area contributed by atoms with Crippen LogP contribution in [0.25, 0.3) is 11.5 Å². The summed E-state index contributed by atoms with van der Waals surface area (Å²) < 4.78 is 5.24. The molecule has 1 heterocycles. The van der Waals surface area contributed by atoms with E-state index in [-0.39, 0.29) is 6.42 Å². The van der Waals surface area contributed by atoms with Crippen molar-refractivity contribution in [2.24, 2.45) is 0 Å². The van der Waals surface area contributed by atoms with E-state index in [1.165, 1.54) is 6.26 Å². The number of carbonyl (C=O) groups is 1. The first kappa shape index (κ1) is 12.4. The topological polar surface area (TPSA) is 63.3 Å². The Balaban J connectivity index is 2.35. The van der Waals surface area contributed by atoms with Gasteiger partial charge in [-0.05, 0) is 17.7 Å². The normalized spacial score (nSPS) is 11.4. The van der Waals surface area contributed by atoms with Crippen LogP contribution in [-0.4, -0.2) is 16.1 Å². The maximum Gasteiger partial charge on any atom is 0.304 e. The number of benzene rings is 1. The fourth-order valence-corrected chi connectivity index (χ4v) is 1.92. The van der Waals surface area contributed by atoms with Gasteiger partial charge in [-0.25, -0.2) is 4.98 Å². The van der Waals surface area contributed by atoms with Crippen molar-refractivity contribution in [3.05, 3.63) is 42.3 Å². The molecule has 4 nitrogen and oxygen atoms in total. The van der Waals surface area contributed by atoms with Gasteiger partial charge in [-0.3, -0.25) is 4.79 Å². The summed E-state index contributed by atoms with van der Waals surface area (Å²) in [7, 11) is 0. The average Bonchev–Trinajstić information content (AvgIpc) is 2.81. The molecule has 94 valence electrons. The quantitative estimate of drug-likeness (QED) is 0.899. The highest BCUT2D eigenvalue weighted by Crippen LogP contribution is 2.30. The Morgan fingerprint density at radius 2 is 2.22 bits per heavy atom. The van der Waals surface area contributed by atoms with Crippen LogP contribution in [0.2, 0.25) is 0 Å². The van der Waals surface area contributed by atoms with Crippen molar-refractivity contribution in [3.8, 4) is 11.5 Å². The minimum atomic E-state index is -0.804. The second-order valence-electron chi connectivity index (χ2n) is 4.87. The van der Waals surface area contributed by atoms with Crippen LogP contribution in [0.4, 0.5) is 0 Å². The first-order valence-electron chi connectivity index (χ1n) is 5.71. The Morgan fingerprint density at radius 1 is 1.44 bits per heavy atom. The van der Waals surface area contributed by atoms with Gasteiger partial charge in [0.1, 0.15) is 6.26 Å². The summed E-state index contributed by atoms with van der Waals surface area (Å²) in [6.45, 7) is 3.82. The molecule has 2 rings (SSSR count). The Hall–Kier alpha value is -2.10. The van der Waals surface area contributed by atoms with Gasteiger partial charge in [-0.1, -0.05) is 26.0 Å². The van der Waals surface area contributed by atoms with Gasteiger partial charge < -0.3 is 9.52 Å². The molecule has 1 N–H and O–H groups in total. The largest absolute Gasteiger partial charge is 0.481 e. The zero-order valence-corrected chi connectivity index (χ0v) is 10.4. The lowest BCUT2D eigenvalue weighted by atomic mass is 9.81. The van der Waals surface area contributed by atoms with Crippen LogP contribution < -0.4 is 0 Å². The molecular weight excluding hydrogens is 230 g/mol. The minimum Gasteiger partial charge on any atom is -0.481 e. The lowest BCUT2D eigenvalue weighted by Gasteiger charge is -2.23. The number of hydrogen-bond donors (Lipinski definition) is 1. The van der Waals surface area contributed by atoms with Crippen molar-refractivity contribution in [2.45, 2.75) is 25.7 Å². The lowest BCUT2D eigenvalue weighted by molar-refractivity contribution is -0.138. The summed E-state index contributed by atoms with van der Waals surface area (Å²) in [6.07, 6.45) is 3.19. The Bertz CT molecular complexity index is 544. The zero-order chi connectivity index (χ0) is 13.2. The monoisotopic (exact) mass is 245 g/mol. The maximum absolute atomic E-state index is 10.9. The molecule has 0 saturated carbocycles. The molecule has 0 spiro atoms. The van der Waals surface area contributed by atoms with Crippen LogP contribution >= 0.6 is 0 Å². The second kappa shape index (κ2) is 4.64. The van der Waals surface area contributed by atoms with Crippen molar-refractivity contribution in [1.82, 2.24) is 4.98 Å². The molecule has 1 aromatic carbocycles. The van der Waals surface area contributed by atoms with E-state index in [1.54, 1.807) is 6.20 Å². The third-order valence-corrected chi connectivity index (χ3v) is 2.92. The molecule has 0 atom stereocenters. The predicted molar refractivity (Wildman–Crippen MR) is 67.2 cm³/mol. The lowest BCUT2D eigenvalue weighted by Crippen LogP contribution is -2.21. The molecule has 4 heteroatoms. The molecule has 1 aromatic heterocycles. The standard InChI is InChI=1S/C14H15NO3/c1-14(2,9-12(16)17)11-5-3-4-10(8-11)13-15-6-7-18-13/h3-8H,9H2,1-2H3,(H,16,17). The van der Waals surface area contributed by atoms with Crippen molar-refractivity contribution in [2.75, 3.05) is 0 Å². The second-order valence-corrected chi connectivity index (χ2v) is 4.87. The smallest absolute Gasteiger partial charge is 0.304 e. The number of oxazole rings is 1. The van der Waals surface area contributed by atoms with Gasteiger partial charge in [-0.2, -0.15) is 0 Å². The fourth-order valence-electron chi connectivity index (χ4n) is 1.92. The molecule has 0 bridgehead atoms. The van der Waals surface area contributed by atoms with Crippen molar-refractivity contribution in [3.63, 3.8) is 0 Å². The third-order valence-electron chi connectivity index (χ3n) is 2.92. The summed E-state index contributed by atoms with van der Waals surface area (Å²) in [6, 6.07) is 7.63. The van der Waals surface area contributed by atoms with E-state index in [1.807, 2.05) is 38.1 Å². The van der Waals surface area contributed by atoms with E-state index >= 15 is 0 Å². The number of aromatic nitrogens is 1. The molecule has 0 amide bonds. The van der Waals surface area contributed by atoms with Crippen molar-refractivity contribution < 1.29 is 14.3 Å². The van der Waals surface area contributed by atoms with E-state index in [4.69, 9.17) is 9.52 Å². The maximum atomic E-state index is 10.9. The van der Waals surface area contributed by atoms with Crippen LogP contribution in [0.1, 0.15) is 25.8 Å². The first-order valence-corrected chi connectivity index (χ1v) is 5.71.